The highest BCUT2D eigenvalue weighted by molar-refractivity contribution is 7.90. The van der Waals surface area contributed by atoms with Gasteiger partial charge in [-0.25, -0.2) is 0 Å². The Morgan fingerprint density at radius 2 is 1.94 bits per heavy atom. The monoisotopic (exact) mass is 262 g/mol. The van der Waals surface area contributed by atoms with Crippen LogP contribution in [0.1, 0.15) is 17.5 Å². The van der Waals surface area contributed by atoms with Crippen LogP contribution in [0, 0.1) is 0 Å². The number of fused-ring (bicyclic) bond motifs is 1. The lowest BCUT2D eigenvalue weighted by Gasteiger charge is -2.16. The molecule has 0 radical (unpaired) electrons. The van der Waals surface area contributed by atoms with E-state index in [0.717, 1.165) is 24.0 Å². The van der Waals surface area contributed by atoms with E-state index >= 15 is 0 Å². The number of alkyl halides is 3. The van der Waals surface area contributed by atoms with Gasteiger partial charge in [-0.3, -0.25) is 0 Å². The molecule has 1 aliphatic rings. The maximum Gasteiger partial charge on any atom is 0.536 e. The predicted molar refractivity (Wildman–Crippen MR) is 58.6 cm³/mol. The van der Waals surface area contributed by atoms with Crippen LogP contribution in [0.5, 0.6) is 0 Å². The van der Waals surface area contributed by atoms with Gasteiger partial charge in [-0.1, -0.05) is 24.3 Å². The number of rotatable bonds is 3. The van der Waals surface area contributed by atoms with E-state index in [0.29, 0.717) is 5.76 Å². The zero-order valence-electron chi connectivity index (χ0n) is 8.66. The fourth-order valence-corrected chi connectivity index (χ4v) is 1.96. The number of hydrogen-bond acceptors (Lipinski definition) is 3. The molecule has 0 N–H and O–H groups in total. The smallest absolute Gasteiger partial charge is 0.400 e. The van der Waals surface area contributed by atoms with Gasteiger partial charge in [0.1, 0.15) is 5.76 Å². The van der Waals surface area contributed by atoms with Crippen LogP contribution in [0.2, 0.25) is 0 Å². The van der Waals surface area contributed by atoms with Gasteiger partial charge in [0.25, 0.3) is 0 Å². The maximum absolute atomic E-state index is 11.8. The first-order valence-electron chi connectivity index (χ1n) is 4.94. The van der Waals surface area contributed by atoms with Crippen LogP contribution in [-0.2, 0) is 14.8 Å². The molecule has 0 bridgehead atoms. The van der Waals surface area contributed by atoms with Crippen LogP contribution >= 0.6 is 12.3 Å². The Balaban J connectivity index is 2.00. The average molecular weight is 262 g/mol. The largest absolute Gasteiger partial charge is 0.536 e. The summed E-state index contributed by atoms with van der Waals surface area (Å²) in [6.07, 6.45) is -1.32. The number of allylic oxidation sites excluding steroid dienone is 1. The SMILES string of the molecule is FC(F)(F)OSOC1=CCCc2ccccc21. The van der Waals surface area contributed by atoms with E-state index in [-0.39, 0.29) is 12.3 Å². The molecule has 6 heteroatoms. The molecule has 0 fully saturated rings. The summed E-state index contributed by atoms with van der Waals surface area (Å²) in [6, 6.07) is 7.45. The van der Waals surface area contributed by atoms with Gasteiger partial charge in [-0.2, -0.15) is 4.18 Å². The lowest BCUT2D eigenvalue weighted by atomic mass is 9.96. The van der Waals surface area contributed by atoms with Crippen molar-refractivity contribution in [2.45, 2.75) is 19.2 Å². The van der Waals surface area contributed by atoms with Crippen molar-refractivity contribution in [1.82, 2.24) is 0 Å². The minimum absolute atomic E-state index is 0.0630. The number of benzene rings is 1. The minimum atomic E-state index is -4.70. The van der Waals surface area contributed by atoms with Crippen molar-refractivity contribution < 1.29 is 21.5 Å². The molecule has 17 heavy (non-hydrogen) atoms. The number of aryl methyl sites for hydroxylation is 1. The van der Waals surface area contributed by atoms with E-state index in [1.807, 2.05) is 24.3 Å². The van der Waals surface area contributed by atoms with Crippen molar-refractivity contribution in [2.24, 2.45) is 0 Å². The first-order chi connectivity index (χ1) is 8.06. The zero-order chi connectivity index (χ0) is 12.3. The molecule has 0 amide bonds. The molecule has 1 aliphatic carbocycles. The third kappa shape index (κ3) is 3.41. The number of hydrogen-bond donors (Lipinski definition) is 0. The number of halogens is 3. The fraction of sp³-hybridized carbons (Fsp3) is 0.273. The van der Waals surface area contributed by atoms with Crippen LogP contribution in [0.4, 0.5) is 13.2 Å². The summed E-state index contributed by atoms with van der Waals surface area (Å²) in [5, 5.41) is 0. The highest BCUT2D eigenvalue weighted by Gasteiger charge is 2.31. The van der Waals surface area contributed by atoms with E-state index in [4.69, 9.17) is 4.18 Å². The molecule has 0 saturated heterocycles. The highest BCUT2D eigenvalue weighted by atomic mass is 32.2. The predicted octanol–water partition coefficient (Wildman–Crippen LogP) is 4.09. The van der Waals surface area contributed by atoms with Gasteiger partial charge in [0, 0.05) is 5.56 Å². The molecule has 0 saturated carbocycles. The first kappa shape index (κ1) is 12.3. The Bertz CT molecular complexity index is 429. The lowest BCUT2D eigenvalue weighted by molar-refractivity contribution is -0.268. The van der Waals surface area contributed by atoms with Gasteiger partial charge in [0.05, 0.1) is 0 Å². The third-order valence-electron chi connectivity index (χ3n) is 2.28. The topological polar surface area (TPSA) is 18.5 Å². The average Bonchev–Trinajstić information content (AvgIpc) is 2.28. The molecule has 0 heterocycles. The Morgan fingerprint density at radius 3 is 2.71 bits per heavy atom. The quantitative estimate of drug-likeness (QED) is 0.764. The van der Waals surface area contributed by atoms with Crippen LogP contribution in [0.15, 0.2) is 30.3 Å². The van der Waals surface area contributed by atoms with Crippen molar-refractivity contribution in [3.05, 3.63) is 41.5 Å². The van der Waals surface area contributed by atoms with Crippen molar-refractivity contribution >= 4 is 18.1 Å². The minimum Gasteiger partial charge on any atom is -0.400 e. The van der Waals surface area contributed by atoms with Gasteiger partial charge in [-0.15, -0.1) is 13.2 Å². The van der Waals surface area contributed by atoms with E-state index in [1.165, 1.54) is 0 Å². The second-order valence-corrected chi connectivity index (χ2v) is 3.91. The van der Waals surface area contributed by atoms with E-state index in [1.54, 1.807) is 6.08 Å². The molecule has 1 aromatic rings. The first-order valence-corrected chi connectivity index (χ1v) is 5.60. The third-order valence-corrected chi connectivity index (χ3v) is 2.78. The second kappa shape index (κ2) is 5.01. The van der Waals surface area contributed by atoms with E-state index < -0.39 is 6.36 Å². The van der Waals surface area contributed by atoms with Crippen LogP contribution in [0.3, 0.4) is 0 Å². The Hall–Kier alpha value is -1.14. The van der Waals surface area contributed by atoms with Gasteiger partial charge >= 0.3 is 6.36 Å². The normalized spacial score (nSPS) is 15.1. The zero-order valence-corrected chi connectivity index (χ0v) is 9.48. The summed E-state index contributed by atoms with van der Waals surface area (Å²) >= 11 is -0.0630. The summed E-state index contributed by atoms with van der Waals surface area (Å²) in [6.45, 7) is 0. The van der Waals surface area contributed by atoms with Crippen LogP contribution < -0.4 is 0 Å². The summed E-state index contributed by atoms with van der Waals surface area (Å²) in [5.74, 6) is 0.418. The Morgan fingerprint density at radius 1 is 1.18 bits per heavy atom. The summed E-state index contributed by atoms with van der Waals surface area (Å²) in [7, 11) is 0. The Kier molecular flexibility index (Phi) is 3.63. The maximum atomic E-state index is 11.8. The fourth-order valence-electron chi connectivity index (χ4n) is 1.62. The molecular formula is C11H9F3O2S. The molecular weight excluding hydrogens is 253 g/mol. The molecule has 1 aromatic carbocycles. The van der Waals surface area contributed by atoms with Crippen LogP contribution in [0.25, 0.3) is 5.76 Å². The molecule has 2 rings (SSSR count). The summed E-state index contributed by atoms with van der Waals surface area (Å²) in [4.78, 5) is 0. The van der Waals surface area contributed by atoms with Crippen molar-refractivity contribution in [2.75, 3.05) is 0 Å². The van der Waals surface area contributed by atoms with Crippen LogP contribution in [-0.4, -0.2) is 6.36 Å². The highest BCUT2D eigenvalue weighted by Crippen LogP contribution is 2.32. The standard InChI is InChI=1S/C11H9F3O2S/c12-11(13,14)16-17-15-10-7-3-5-8-4-1-2-6-9(8)10/h1-2,4,6-7H,3,5H2. The molecule has 92 valence electrons. The molecule has 0 atom stereocenters. The Labute approximate surface area is 101 Å². The molecule has 0 aromatic heterocycles. The molecule has 2 nitrogen and oxygen atoms in total. The van der Waals surface area contributed by atoms with Gasteiger partial charge in [0.2, 0.25) is 12.3 Å². The molecule has 0 spiro atoms. The van der Waals surface area contributed by atoms with Gasteiger partial charge in [0.15, 0.2) is 0 Å². The van der Waals surface area contributed by atoms with Gasteiger partial charge < -0.3 is 4.18 Å². The van der Waals surface area contributed by atoms with Crippen molar-refractivity contribution in [1.29, 1.82) is 0 Å². The molecule has 0 aliphatic heterocycles. The van der Waals surface area contributed by atoms with Gasteiger partial charge in [-0.05, 0) is 24.5 Å². The molecule has 0 unspecified atom stereocenters. The lowest BCUT2D eigenvalue weighted by Crippen LogP contribution is -2.08. The van der Waals surface area contributed by atoms with Crippen molar-refractivity contribution in [3.8, 4) is 0 Å². The summed E-state index contributed by atoms with van der Waals surface area (Å²) < 4.78 is 43.7. The van der Waals surface area contributed by atoms with E-state index in [9.17, 15) is 13.2 Å². The second-order valence-electron chi connectivity index (χ2n) is 3.44. The van der Waals surface area contributed by atoms with Crippen molar-refractivity contribution in [3.63, 3.8) is 0 Å². The summed E-state index contributed by atoms with van der Waals surface area (Å²) in [5.41, 5.74) is 1.88. The van der Waals surface area contributed by atoms with E-state index in [2.05, 4.69) is 4.18 Å².